The number of carbonyl (C=O) groups excluding carboxylic acids is 1. The van der Waals surface area contributed by atoms with Gasteiger partial charge in [0.15, 0.2) is 0 Å². The quantitative estimate of drug-likeness (QED) is 0.730. The minimum Gasteiger partial charge on any atom is -0.394 e. The smallest absolute Gasteiger partial charge is 0.320 e. The molecule has 6 nitrogen and oxygen atoms in total. The first kappa shape index (κ1) is 18.0. The number of anilines is 1. The van der Waals surface area contributed by atoms with Crippen molar-refractivity contribution in [1.29, 1.82) is 0 Å². The lowest BCUT2D eigenvalue weighted by Crippen LogP contribution is -2.34. The maximum Gasteiger partial charge on any atom is 0.320 e. The molecular weight excluding hydrogens is 304 g/mol. The Morgan fingerprint density at radius 3 is 2.58 bits per heavy atom. The normalized spacial score (nSPS) is 12.0. The number of aryl methyl sites for hydroxylation is 3. The number of rotatable bonds is 7. The molecule has 2 rings (SSSR count). The Morgan fingerprint density at radius 1 is 1.29 bits per heavy atom. The van der Waals surface area contributed by atoms with Gasteiger partial charge in [0.2, 0.25) is 0 Å². The molecule has 2 aromatic rings. The number of hydrogen-bond acceptors (Lipinski definition) is 3. The molecule has 0 radical (unpaired) electrons. The fraction of sp³-hybridized carbons (Fsp3) is 0.444. The van der Waals surface area contributed by atoms with Crippen molar-refractivity contribution in [3.05, 3.63) is 47.2 Å². The van der Waals surface area contributed by atoms with E-state index in [2.05, 4.69) is 29.6 Å². The third-order valence-corrected chi connectivity index (χ3v) is 3.96. The second kappa shape index (κ2) is 8.49. The fourth-order valence-electron chi connectivity index (χ4n) is 2.55. The number of nitrogens with one attached hydrogen (secondary N) is 2. The van der Waals surface area contributed by atoms with Crippen molar-refractivity contribution in [3.63, 3.8) is 0 Å². The van der Waals surface area contributed by atoms with E-state index < -0.39 is 6.04 Å². The van der Waals surface area contributed by atoms with Gasteiger partial charge in [-0.05, 0) is 24.0 Å². The van der Waals surface area contributed by atoms with Crippen molar-refractivity contribution in [2.75, 3.05) is 11.9 Å². The summed E-state index contributed by atoms with van der Waals surface area (Å²) in [4.78, 5) is 12.2. The van der Waals surface area contributed by atoms with E-state index in [0.717, 1.165) is 30.5 Å². The minimum atomic E-state index is -0.445. The first-order chi connectivity index (χ1) is 11.6. The number of benzene rings is 1. The average Bonchev–Trinajstić information content (AvgIpc) is 2.92. The molecule has 0 bridgehead atoms. The van der Waals surface area contributed by atoms with E-state index in [1.807, 2.05) is 30.3 Å². The van der Waals surface area contributed by atoms with E-state index >= 15 is 0 Å². The number of aliphatic hydroxyl groups excluding tert-OH is 1. The van der Waals surface area contributed by atoms with Gasteiger partial charge in [0.1, 0.15) is 5.82 Å². The fourth-order valence-corrected chi connectivity index (χ4v) is 2.55. The summed E-state index contributed by atoms with van der Waals surface area (Å²) in [5, 5.41) is 19.5. The summed E-state index contributed by atoms with van der Waals surface area (Å²) in [6.45, 7) is 4.01. The van der Waals surface area contributed by atoms with Gasteiger partial charge < -0.3 is 10.4 Å². The summed E-state index contributed by atoms with van der Waals surface area (Å²) >= 11 is 0. The summed E-state index contributed by atoms with van der Waals surface area (Å²) in [6, 6.07) is 8.95. The molecule has 0 aliphatic carbocycles. The topological polar surface area (TPSA) is 79.2 Å². The third kappa shape index (κ3) is 4.58. The predicted octanol–water partition coefficient (Wildman–Crippen LogP) is 2.79. The van der Waals surface area contributed by atoms with E-state index in [4.69, 9.17) is 0 Å². The van der Waals surface area contributed by atoms with Crippen LogP contribution in [0, 0.1) is 0 Å². The molecule has 3 N–H and O–H groups in total. The SMILES string of the molecule is CCCc1cc(NC(=O)NC(CO)c2ccc(CC)cc2)n(C)n1. The van der Waals surface area contributed by atoms with Crippen LogP contribution < -0.4 is 10.6 Å². The lowest BCUT2D eigenvalue weighted by atomic mass is 10.0. The summed E-state index contributed by atoms with van der Waals surface area (Å²) in [5.74, 6) is 0.633. The molecule has 1 aromatic heterocycles. The van der Waals surface area contributed by atoms with Crippen LogP contribution >= 0.6 is 0 Å². The van der Waals surface area contributed by atoms with Gasteiger partial charge in [-0.25, -0.2) is 4.79 Å². The van der Waals surface area contributed by atoms with Crippen LogP contribution in [-0.4, -0.2) is 27.5 Å². The van der Waals surface area contributed by atoms with Crippen LogP contribution in [-0.2, 0) is 19.9 Å². The summed E-state index contributed by atoms with van der Waals surface area (Å²) in [7, 11) is 1.79. The first-order valence-electron chi connectivity index (χ1n) is 8.37. The Hall–Kier alpha value is -2.34. The van der Waals surface area contributed by atoms with Gasteiger partial charge in [0.05, 0.1) is 18.3 Å². The van der Waals surface area contributed by atoms with E-state index in [9.17, 15) is 9.90 Å². The standard InChI is InChI=1S/C18H26N4O2/c1-4-6-15-11-17(22(3)21-15)20-18(24)19-16(12-23)14-9-7-13(5-2)8-10-14/h7-11,16,23H,4-6,12H2,1-3H3,(H2,19,20,24). The number of carbonyl (C=O) groups is 1. The highest BCUT2D eigenvalue weighted by molar-refractivity contribution is 5.88. The predicted molar refractivity (Wildman–Crippen MR) is 95.0 cm³/mol. The van der Waals surface area contributed by atoms with Crippen molar-refractivity contribution in [2.45, 2.75) is 39.2 Å². The molecule has 0 aliphatic heterocycles. The summed E-state index contributed by atoms with van der Waals surface area (Å²) < 4.78 is 1.65. The molecule has 6 heteroatoms. The molecule has 1 heterocycles. The molecule has 1 unspecified atom stereocenters. The van der Waals surface area contributed by atoms with Crippen LogP contribution in [0.3, 0.4) is 0 Å². The molecule has 130 valence electrons. The largest absolute Gasteiger partial charge is 0.394 e. The Labute approximate surface area is 142 Å². The number of nitrogens with zero attached hydrogens (tertiary/aromatic N) is 2. The van der Waals surface area contributed by atoms with Crippen LogP contribution in [0.4, 0.5) is 10.6 Å². The third-order valence-electron chi connectivity index (χ3n) is 3.96. The highest BCUT2D eigenvalue weighted by atomic mass is 16.3. The molecule has 0 aliphatic rings. The second-order valence-electron chi connectivity index (χ2n) is 5.82. The van der Waals surface area contributed by atoms with Crippen molar-refractivity contribution >= 4 is 11.8 Å². The zero-order chi connectivity index (χ0) is 17.5. The monoisotopic (exact) mass is 330 g/mol. The molecule has 0 saturated heterocycles. The van der Waals surface area contributed by atoms with Crippen molar-refractivity contribution in [1.82, 2.24) is 15.1 Å². The van der Waals surface area contributed by atoms with E-state index in [0.29, 0.717) is 5.82 Å². The zero-order valence-corrected chi connectivity index (χ0v) is 14.5. The maximum absolute atomic E-state index is 12.2. The van der Waals surface area contributed by atoms with Gasteiger partial charge >= 0.3 is 6.03 Å². The summed E-state index contributed by atoms with van der Waals surface area (Å²) in [6.07, 6.45) is 2.84. The molecular formula is C18H26N4O2. The molecule has 24 heavy (non-hydrogen) atoms. The van der Waals surface area contributed by atoms with Crippen LogP contribution in [0.1, 0.15) is 43.1 Å². The molecule has 0 saturated carbocycles. The number of aromatic nitrogens is 2. The van der Waals surface area contributed by atoms with Crippen LogP contribution in [0.2, 0.25) is 0 Å². The van der Waals surface area contributed by atoms with Crippen molar-refractivity contribution in [2.24, 2.45) is 7.05 Å². The molecule has 1 aromatic carbocycles. The lowest BCUT2D eigenvalue weighted by Gasteiger charge is -2.17. The molecule has 2 amide bonds. The highest BCUT2D eigenvalue weighted by Crippen LogP contribution is 2.15. The highest BCUT2D eigenvalue weighted by Gasteiger charge is 2.15. The van der Waals surface area contributed by atoms with Crippen molar-refractivity contribution < 1.29 is 9.90 Å². The van der Waals surface area contributed by atoms with E-state index in [1.165, 1.54) is 5.56 Å². The Balaban J connectivity index is 2.01. The van der Waals surface area contributed by atoms with Crippen LogP contribution in [0.15, 0.2) is 30.3 Å². The lowest BCUT2D eigenvalue weighted by molar-refractivity contribution is 0.225. The van der Waals surface area contributed by atoms with Gasteiger partial charge in [0, 0.05) is 13.1 Å². The summed E-state index contributed by atoms with van der Waals surface area (Å²) in [5.41, 5.74) is 3.05. The molecule has 0 fully saturated rings. The number of amides is 2. The van der Waals surface area contributed by atoms with E-state index in [1.54, 1.807) is 11.7 Å². The number of aliphatic hydroxyl groups is 1. The van der Waals surface area contributed by atoms with Gasteiger partial charge in [-0.2, -0.15) is 5.10 Å². The van der Waals surface area contributed by atoms with Gasteiger partial charge in [-0.15, -0.1) is 0 Å². The van der Waals surface area contributed by atoms with Crippen LogP contribution in [0.25, 0.3) is 0 Å². The van der Waals surface area contributed by atoms with E-state index in [-0.39, 0.29) is 12.6 Å². The number of urea groups is 1. The first-order valence-corrected chi connectivity index (χ1v) is 8.37. The molecule has 0 spiro atoms. The number of hydrogen-bond donors (Lipinski definition) is 3. The second-order valence-corrected chi connectivity index (χ2v) is 5.82. The Bertz CT molecular complexity index is 664. The van der Waals surface area contributed by atoms with Crippen LogP contribution in [0.5, 0.6) is 0 Å². The average molecular weight is 330 g/mol. The Morgan fingerprint density at radius 2 is 2.00 bits per heavy atom. The minimum absolute atomic E-state index is 0.161. The molecule has 1 atom stereocenters. The van der Waals surface area contributed by atoms with Gasteiger partial charge in [-0.1, -0.05) is 44.5 Å². The van der Waals surface area contributed by atoms with Crippen molar-refractivity contribution in [3.8, 4) is 0 Å². The maximum atomic E-state index is 12.2. The van der Waals surface area contributed by atoms with Gasteiger partial charge in [0.25, 0.3) is 0 Å². The zero-order valence-electron chi connectivity index (χ0n) is 14.5. The van der Waals surface area contributed by atoms with Gasteiger partial charge in [-0.3, -0.25) is 10.00 Å². The Kier molecular flexibility index (Phi) is 6.37.